The van der Waals surface area contributed by atoms with Crippen molar-refractivity contribution < 1.29 is 19.4 Å². The van der Waals surface area contributed by atoms with Crippen LogP contribution in [0.1, 0.15) is 39.0 Å². The highest BCUT2D eigenvalue weighted by molar-refractivity contribution is 5.81. The van der Waals surface area contributed by atoms with Gasteiger partial charge in [-0.3, -0.25) is 9.59 Å². The third-order valence-electron chi connectivity index (χ3n) is 6.14. The summed E-state index contributed by atoms with van der Waals surface area (Å²) in [5, 5.41) is 9.54. The molecular formula is C13H16O4. The minimum absolute atomic E-state index is 0.0229. The fraction of sp³-hybridized carbons (Fsp3) is 0.846. The molecule has 3 bridgehead atoms. The maximum atomic E-state index is 11.9. The molecule has 1 heterocycles. The van der Waals surface area contributed by atoms with E-state index in [4.69, 9.17) is 4.74 Å². The third-order valence-corrected chi connectivity index (χ3v) is 6.14. The van der Waals surface area contributed by atoms with E-state index in [1.165, 1.54) is 0 Å². The highest BCUT2D eigenvalue weighted by Gasteiger charge is 2.78. The van der Waals surface area contributed by atoms with Crippen LogP contribution in [0.3, 0.4) is 0 Å². The van der Waals surface area contributed by atoms with Crippen LogP contribution in [0.15, 0.2) is 0 Å². The largest absolute Gasteiger partial charge is 0.481 e. The zero-order valence-electron chi connectivity index (χ0n) is 9.86. The molecule has 1 aliphatic heterocycles. The van der Waals surface area contributed by atoms with Gasteiger partial charge in [-0.2, -0.15) is 0 Å². The fourth-order valence-corrected chi connectivity index (χ4v) is 5.53. The SMILES string of the molecule is CC12CC3C(=O)OC4CC(C(=O)O)(C1)CC32C4. The van der Waals surface area contributed by atoms with Crippen molar-refractivity contribution in [3.8, 4) is 0 Å². The molecule has 1 spiro atoms. The summed E-state index contributed by atoms with van der Waals surface area (Å²) in [6, 6.07) is 0. The van der Waals surface area contributed by atoms with Crippen LogP contribution in [0.4, 0.5) is 0 Å². The molecule has 92 valence electrons. The molecule has 5 unspecified atom stereocenters. The van der Waals surface area contributed by atoms with Gasteiger partial charge in [-0.25, -0.2) is 0 Å². The molecule has 3 saturated carbocycles. The smallest absolute Gasteiger partial charge is 0.309 e. The number of ether oxygens (including phenoxy) is 1. The number of carbonyl (C=O) groups is 2. The van der Waals surface area contributed by atoms with Crippen molar-refractivity contribution in [1.29, 1.82) is 0 Å². The van der Waals surface area contributed by atoms with Crippen molar-refractivity contribution >= 4 is 11.9 Å². The van der Waals surface area contributed by atoms with Crippen LogP contribution in [0.5, 0.6) is 0 Å². The van der Waals surface area contributed by atoms with Gasteiger partial charge < -0.3 is 9.84 Å². The maximum Gasteiger partial charge on any atom is 0.309 e. The highest BCUT2D eigenvalue weighted by Crippen LogP contribution is 2.80. The quantitative estimate of drug-likeness (QED) is 0.702. The van der Waals surface area contributed by atoms with E-state index in [2.05, 4.69) is 6.92 Å². The van der Waals surface area contributed by atoms with E-state index in [-0.39, 0.29) is 28.8 Å². The minimum atomic E-state index is -0.686. The van der Waals surface area contributed by atoms with E-state index in [9.17, 15) is 14.7 Å². The molecule has 0 radical (unpaired) electrons. The number of carboxylic acid groups (broad SMARTS) is 1. The number of rotatable bonds is 1. The summed E-state index contributed by atoms with van der Waals surface area (Å²) < 4.78 is 5.40. The van der Waals surface area contributed by atoms with Gasteiger partial charge in [0.15, 0.2) is 0 Å². The predicted molar refractivity (Wildman–Crippen MR) is 57.1 cm³/mol. The number of carboxylic acids is 1. The lowest BCUT2D eigenvalue weighted by Crippen LogP contribution is -2.62. The van der Waals surface area contributed by atoms with Crippen molar-refractivity contribution in [2.75, 3.05) is 0 Å². The average Bonchev–Trinajstić information content (AvgIpc) is 2.38. The Hall–Kier alpha value is -1.06. The van der Waals surface area contributed by atoms with Gasteiger partial charge in [-0.1, -0.05) is 6.92 Å². The molecule has 0 amide bonds. The van der Waals surface area contributed by atoms with E-state index >= 15 is 0 Å². The zero-order chi connectivity index (χ0) is 12.1. The van der Waals surface area contributed by atoms with E-state index in [0.717, 1.165) is 19.3 Å². The van der Waals surface area contributed by atoms with Gasteiger partial charge in [0.2, 0.25) is 0 Å². The number of hydrogen-bond acceptors (Lipinski definition) is 3. The van der Waals surface area contributed by atoms with Crippen molar-refractivity contribution in [2.24, 2.45) is 22.2 Å². The minimum Gasteiger partial charge on any atom is -0.481 e. The Balaban J connectivity index is 1.87. The van der Waals surface area contributed by atoms with Crippen LogP contribution in [-0.4, -0.2) is 23.1 Å². The molecule has 4 fully saturated rings. The predicted octanol–water partition coefficient (Wildman–Crippen LogP) is 1.58. The fourth-order valence-electron chi connectivity index (χ4n) is 5.53. The molecule has 1 saturated heterocycles. The van der Waals surface area contributed by atoms with Crippen LogP contribution in [-0.2, 0) is 14.3 Å². The summed E-state index contributed by atoms with van der Waals surface area (Å²) in [6.45, 7) is 2.18. The standard InChI is InChI=1S/C13H16O4/c1-11-4-8-9(14)17-7-2-12(5-11,10(15)16)6-13(8,11)3-7/h7-8H,2-6H2,1H3,(H,15,16). The molecule has 3 aliphatic carbocycles. The van der Waals surface area contributed by atoms with E-state index < -0.39 is 11.4 Å². The molecule has 4 rings (SSSR count). The first-order valence-corrected chi connectivity index (χ1v) is 6.35. The second-order valence-electron chi connectivity index (χ2n) is 6.88. The normalized spacial score (nSPS) is 58.3. The number of esters is 1. The summed E-state index contributed by atoms with van der Waals surface area (Å²) >= 11 is 0. The first-order valence-electron chi connectivity index (χ1n) is 6.35. The van der Waals surface area contributed by atoms with Crippen LogP contribution in [0.25, 0.3) is 0 Å². The van der Waals surface area contributed by atoms with Crippen LogP contribution < -0.4 is 0 Å². The summed E-state index contributed by atoms with van der Waals surface area (Å²) in [5.41, 5.74) is -0.610. The first-order chi connectivity index (χ1) is 7.91. The van der Waals surface area contributed by atoms with Crippen molar-refractivity contribution in [1.82, 2.24) is 0 Å². The monoisotopic (exact) mass is 236 g/mol. The topological polar surface area (TPSA) is 63.6 Å². The molecule has 0 aromatic carbocycles. The van der Waals surface area contributed by atoms with Crippen molar-refractivity contribution in [3.05, 3.63) is 0 Å². The van der Waals surface area contributed by atoms with Gasteiger partial charge in [0.25, 0.3) is 0 Å². The Morgan fingerprint density at radius 2 is 2.12 bits per heavy atom. The van der Waals surface area contributed by atoms with E-state index in [0.29, 0.717) is 12.8 Å². The first kappa shape index (κ1) is 9.92. The third kappa shape index (κ3) is 0.829. The lowest BCUT2D eigenvalue weighted by Gasteiger charge is -2.62. The van der Waals surface area contributed by atoms with Crippen LogP contribution >= 0.6 is 0 Å². The van der Waals surface area contributed by atoms with E-state index in [1.54, 1.807) is 0 Å². The summed E-state index contributed by atoms with van der Waals surface area (Å²) in [6.07, 6.45) is 3.53. The Kier molecular flexibility index (Phi) is 1.39. The lowest BCUT2D eigenvalue weighted by atomic mass is 9.43. The number of aliphatic carboxylic acids is 1. The van der Waals surface area contributed by atoms with Gasteiger partial charge in [-0.15, -0.1) is 0 Å². The van der Waals surface area contributed by atoms with Crippen LogP contribution in [0, 0.1) is 22.2 Å². The Bertz CT molecular complexity index is 458. The Labute approximate surface area is 99.3 Å². The zero-order valence-corrected chi connectivity index (χ0v) is 9.86. The summed E-state index contributed by atoms with van der Waals surface area (Å²) in [7, 11) is 0. The van der Waals surface area contributed by atoms with Gasteiger partial charge in [0.1, 0.15) is 6.10 Å². The van der Waals surface area contributed by atoms with Gasteiger partial charge in [-0.05, 0) is 36.5 Å². The summed E-state index contributed by atoms with van der Waals surface area (Å²) in [5.74, 6) is -0.779. The molecular weight excluding hydrogens is 220 g/mol. The number of carbonyl (C=O) groups excluding carboxylic acids is 1. The molecule has 0 aromatic rings. The van der Waals surface area contributed by atoms with Crippen molar-refractivity contribution in [2.45, 2.75) is 45.1 Å². The average molecular weight is 236 g/mol. The number of fused-ring (bicyclic) bond motifs is 2. The Morgan fingerprint density at radius 1 is 1.35 bits per heavy atom. The van der Waals surface area contributed by atoms with Crippen molar-refractivity contribution in [3.63, 3.8) is 0 Å². The highest BCUT2D eigenvalue weighted by atomic mass is 16.5. The molecule has 1 N–H and O–H groups in total. The second kappa shape index (κ2) is 2.38. The molecule has 4 heteroatoms. The van der Waals surface area contributed by atoms with Crippen LogP contribution in [0.2, 0.25) is 0 Å². The van der Waals surface area contributed by atoms with Gasteiger partial charge in [0.05, 0.1) is 11.3 Å². The lowest BCUT2D eigenvalue weighted by molar-refractivity contribution is -0.222. The molecule has 0 aromatic heterocycles. The van der Waals surface area contributed by atoms with Gasteiger partial charge >= 0.3 is 11.9 Å². The Morgan fingerprint density at radius 3 is 2.82 bits per heavy atom. The van der Waals surface area contributed by atoms with E-state index in [1.807, 2.05) is 0 Å². The molecule has 4 nitrogen and oxygen atoms in total. The molecule has 5 atom stereocenters. The molecule has 4 aliphatic rings. The molecule has 17 heavy (non-hydrogen) atoms. The van der Waals surface area contributed by atoms with Gasteiger partial charge in [0, 0.05) is 6.42 Å². The summed E-state index contributed by atoms with van der Waals surface area (Å²) in [4.78, 5) is 23.5. The number of hydrogen-bond donors (Lipinski definition) is 1. The maximum absolute atomic E-state index is 11.9. The second-order valence-corrected chi connectivity index (χ2v) is 6.88.